The Bertz CT molecular complexity index is 681. The Kier molecular flexibility index (Phi) is 5.55. The van der Waals surface area contributed by atoms with Crippen molar-refractivity contribution in [3.63, 3.8) is 0 Å². The first-order valence-electron chi connectivity index (χ1n) is 7.16. The van der Waals surface area contributed by atoms with Gasteiger partial charge in [-0.3, -0.25) is 4.79 Å². The Labute approximate surface area is 140 Å². The van der Waals surface area contributed by atoms with Crippen molar-refractivity contribution in [2.45, 2.75) is 18.8 Å². The number of halogens is 1. The maximum Gasteiger partial charge on any atom is 0.289 e. The summed E-state index contributed by atoms with van der Waals surface area (Å²) in [5.41, 5.74) is 0.927. The highest BCUT2D eigenvalue weighted by Crippen LogP contribution is 2.28. The Hall–Kier alpha value is -2.14. The molecule has 5 nitrogen and oxygen atoms in total. The van der Waals surface area contributed by atoms with Crippen LogP contribution in [0.15, 0.2) is 34.7 Å². The van der Waals surface area contributed by atoms with Crippen molar-refractivity contribution in [1.29, 1.82) is 0 Å². The molecule has 1 unspecified atom stereocenters. The summed E-state index contributed by atoms with van der Waals surface area (Å²) in [7, 11) is 4.87. The third-order valence-electron chi connectivity index (χ3n) is 3.44. The first-order valence-corrected chi connectivity index (χ1v) is 7.60. The third-order valence-corrected chi connectivity index (χ3v) is 3.66. The second-order valence-electron chi connectivity index (χ2n) is 5.17. The molecular formula is C17H20ClNO4. The highest BCUT2D eigenvalue weighted by molar-refractivity contribution is 6.20. The Morgan fingerprint density at radius 2 is 1.91 bits per heavy atom. The van der Waals surface area contributed by atoms with Crippen molar-refractivity contribution in [3.8, 4) is 11.5 Å². The smallest absolute Gasteiger partial charge is 0.289 e. The van der Waals surface area contributed by atoms with Crippen LogP contribution >= 0.6 is 11.6 Å². The van der Waals surface area contributed by atoms with Crippen LogP contribution in [0.4, 0.5) is 0 Å². The van der Waals surface area contributed by atoms with Gasteiger partial charge in [-0.25, -0.2) is 0 Å². The number of furan rings is 1. The summed E-state index contributed by atoms with van der Waals surface area (Å²) >= 11 is 5.95. The average molecular weight is 338 g/mol. The lowest BCUT2D eigenvalue weighted by molar-refractivity contribution is 0.0751. The van der Waals surface area contributed by atoms with Crippen molar-refractivity contribution in [2.75, 3.05) is 21.3 Å². The molecule has 0 bridgehead atoms. The lowest BCUT2D eigenvalue weighted by atomic mass is 10.2. The van der Waals surface area contributed by atoms with Crippen molar-refractivity contribution in [1.82, 2.24) is 4.90 Å². The van der Waals surface area contributed by atoms with Crippen LogP contribution in [-0.2, 0) is 6.54 Å². The summed E-state index contributed by atoms with van der Waals surface area (Å²) in [6.45, 7) is 2.22. The van der Waals surface area contributed by atoms with Gasteiger partial charge >= 0.3 is 0 Å². The number of benzene rings is 1. The molecule has 0 spiro atoms. The SMILES string of the molecule is COc1ccc(CN(C)C(=O)c2ccc(C(C)Cl)o2)cc1OC. The van der Waals surface area contributed by atoms with Gasteiger partial charge in [0.25, 0.3) is 5.91 Å². The topological polar surface area (TPSA) is 51.9 Å². The van der Waals surface area contributed by atoms with Gasteiger partial charge in [0.1, 0.15) is 5.76 Å². The molecule has 1 atom stereocenters. The van der Waals surface area contributed by atoms with E-state index in [0.717, 1.165) is 5.56 Å². The monoisotopic (exact) mass is 337 g/mol. The van der Waals surface area contributed by atoms with E-state index in [1.54, 1.807) is 45.2 Å². The Morgan fingerprint density at radius 1 is 1.22 bits per heavy atom. The zero-order chi connectivity index (χ0) is 17.0. The predicted octanol–water partition coefficient (Wildman–Crippen LogP) is 3.87. The highest BCUT2D eigenvalue weighted by atomic mass is 35.5. The number of ether oxygens (including phenoxy) is 2. The van der Waals surface area contributed by atoms with E-state index in [1.165, 1.54) is 0 Å². The molecule has 6 heteroatoms. The van der Waals surface area contributed by atoms with Crippen LogP contribution < -0.4 is 9.47 Å². The molecular weight excluding hydrogens is 318 g/mol. The molecule has 124 valence electrons. The second-order valence-corrected chi connectivity index (χ2v) is 5.82. The van der Waals surface area contributed by atoms with Gasteiger partial charge in [0.15, 0.2) is 17.3 Å². The number of carbonyl (C=O) groups is 1. The van der Waals surface area contributed by atoms with Crippen LogP contribution in [0.5, 0.6) is 11.5 Å². The van der Waals surface area contributed by atoms with E-state index in [0.29, 0.717) is 23.8 Å². The van der Waals surface area contributed by atoms with E-state index in [-0.39, 0.29) is 17.0 Å². The fourth-order valence-electron chi connectivity index (χ4n) is 2.19. The van der Waals surface area contributed by atoms with Gasteiger partial charge in [0.05, 0.1) is 19.6 Å². The lowest BCUT2D eigenvalue weighted by Gasteiger charge is -2.17. The van der Waals surface area contributed by atoms with Crippen LogP contribution in [0.25, 0.3) is 0 Å². The first-order chi connectivity index (χ1) is 11.0. The molecule has 1 heterocycles. The number of rotatable bonds is 6. The van der Waals surface area contributed by atoms with Gasteiger partial charge in [-0.15, -0.1) is 11.6 Å². The molecule has 2 rings (SSSR count). The first kappa shape index (κ1) is 17.2. The standard InChI is InChI=1S/C17H20ClNO4/c1-11(18)13-7-8-15(23-13)17(20)19(2)10-12-5-6-14(21-3)16(9-12)22-4/h5-9,11H,10H2,1-4H3. The zero-order valence-corrected chi connectivity index (χ0v) is 14.4. The molecule has 0 N–H and O–H groups in total. The van der Waals surface area contributed by atoms with Crippen molar-refractivity contribution in [3.05, 3.63) is 47.4 Å². The second kappa shape index (κ2) is 7.42. The van der Waals surface area contributed by atoms with Crippen molar-refractivity contribution >= 4 is 17.5 Å². The predicted molar refractivity (Wildman–Crippen MR) is 88.3 cm³/mol. The van der Waals surface area contributed by atoms with E-state index in [4.69, 9.17) is 25.5 Å². The summed E-state index contributed by atoms with van der Waals surface area (Å²) in [6, 6.07) is 8.90. The van der Waals surface area contributed by atoms with Gasteiger partial charge in [-0.1, -0.05) is 6.07 Å². The average Bonchev–Trinajstić information content (AvgIpc) is 3.04. The third kappa shape index (κ3) is 3.99. The minimum atomic E-state index is -0.271. The number of hydrogen-bond donors (Lipinski definition) is 0. The molecule has 0 saturated heterocycles. The maximum atomic E-state index is 12.4. The van der Waals surface area contributed by atoms with E-state index in [2.05, 4.69) is 0 Å². The molecule has 0 saturated carbocycles. The molecule has 0 aliphatic heterocycles. The molecule has 2 aromatic rings. The van der Waals surface area contributed by atoms with E-state index >= 15 is 0 Å². The van der Waals surface area contributed by atoms with Crippen LogP contribution in [0.1, 0.15) is 34.2 Å². The number of methoxy groups -OCH3 is 2. The molecule has 1 amide bonds. The molecule has 1 aromatic carbocycles. The normalized spacial score (nSPS) is 11.9. The lowest BCUT2D eigenvalue weighted by Crippen LogP contribution is -2.25. The quantitative estimate of drug-likeness (QED) is 0.751. The number of nitrogens with zero attached hydrogens (tertiary/aromatic N) is 1. The molecule has 0 aliphatic carbocycles. The molecule has 23 heavy (non-hydrogen) atoms. The van der Waals surface area contributed by atoms with Crippen LogP contribution in [0, 0.1) is 0 Å². The van der Waals surface area contributed by atoms with E-state index in [1.807, 2.05) is 18.2 Å². The zero-order valence-electron chi connectivity index (χ0n) is 13.6. The van der Waals surface area contributed by atoms with E-state index in [9.17, 15) is 4.79 Å². The summed E-state index contributed by atoms with van der Waals surface area (Å²) in [5.74, 6) is 1.92. The fraction of sp³-hybridized carbons (Fsp3) is 0.353. The minimum Gasteiger partial charge on any atom is -0.493 e. The van der Waals surface area contributed by atoms with Crippen molar-refractivity contribution < 1.29 is 18.7 Å². The van der Waals surface area contributed by atoms with Gasteiger partial charge in [-0.05, 0) is 36.8 Å². The summed E-state index contributed by atoms with van der Waals surface area (Å²) in [4.78, 5) is 14.0. The van der Waals surface area contributed by atoms with Crippen LogP contribution in [0.2, 0.25) is 0 Å². The van der Waals surface area contributed by atoms with E-state index < -0.39 is 0 Å². The van der Waals surface area contributed by atoms with Crippen LogP contribution in [-0.4, -0.2) is 32.1 Å². The van der Waals surface area contributed by atoms with Gasteiger partial charge in [-0.2, -0.15) is 0 Å². The molecule has 0 aliphatic rings. The number of hydrogen-bond acceptors (Lipinski definition) is 4. The number of carbonyl (C=O) groups excluding carboxylic acids is 1. The maximum absolute atomic E-state index is 12.4. The van der Waals surface area contributed by atoms with Gasteiger partial charge in [0, 0.05) is 13.6 Å². The van der Waals surface area contributed by atoms with Gasteiger partial charge < -0.3 is 18.8 Å². The van der Waals surface area contributed by atoms with Gasteiger partial charge in [0.2, 0.25) is 0 Å². The largest absolute Gasteiger partial charge is 0.493 e. The molecule has 1 aromatic heterocycles. The summed E-state index contributed by atoms with van der Waals surface area (Å²) < 4.78 is 16.0. The minimum absolute atomic E-state index is 0.205. The Morgan fingerprint density at radius 3 is 2.48 bits per heavy atom. The Balaban J connectivity index is 2.11. The highest BCUT2D eigenvalue weighted by Gasteiger charge is 2.18. The summed E-state index contributed by atoms with van der Waals surface area (Å²) in [6.07, 6.45) is 0. The van der Waals surface area contributed by atoms with Crippen molar-refractivity contribution in [2.24, 2.45) is 0 Å². The summed E-state index contributed by atoms with van der Waals surface area (Å²) in [5, 5.41) is -0.271. The molecule has 0 radical (unpaired) electrons. The fourth-order valence-corrected chi connectivity index (χ4v) is 2.31. The molecule has 0 fully saturated rings. The number of amides is 1. The van der Waals surface area contributed by atoms with Crippen LogP contribution in [0.3, 0.4) is 0 Å². The number of alkyl halides is 1.